The summed E-state index contributed by atoms with van der Waals surface area (Å²) in [6, 6.07) is 9.14. The van der Waals surface area contributed by atoms with Gasteiger partial charge in [0.2, 0.25) is 5.88 Å². The van der Waals surface area contributed by atoms with Crippen LogP contribution < -0.4 is 15.0 Å². The summed E-state index contributed by atoms with van der Waals surface area (Å²) in [6.45, 7) is 7.72. The monoisotopic (exact) mass is 457 g/mol. The van der Waals surface area contributed by atoms with E-state index in [-0.39, 0.29) is 5.91 Å². The molecule has 4 heterocycles. The highest BCUT2D eigenvalue weighted by Gasteiger charge is 2.21. The molecule has 0 atom stereocenters. The standard InChI is InChI=1S/C26H27N5O3/c1-5-8-26(2,3)22-13-19(7-9-27-22)24(32)30-20-15-21(25(33-4)29-16-20)18-6-10-28-23(14-18)31-11-12-34-17-31/h6-7,9-10,13-16H,11-12,17H2,1-4H3,(H,30,32). The van der Waals surface area contributed by atoms with E-state index in [1.165, 1.54) is 0 Å². The Hall–Kier alpha value is -3.96. The molecule has 3 aromatic rings. The van der Waals surface area contributed by atoms with Crippen molar-refractivity contribution in [2.75, 3.05) is 37.2 Å². The molecule has 1 fully saturated rings. The Morgan fingerprint density at radius 1 is 1.18 bits per heavy atom. The molecule has 1 aliphatic rings. The average molecular weight is 458 g/mol. The number of aromatic nitrogens is 3. The van der Waals surface area contributed by atoms with Crippen LogP contribution in [0.2, 0.25) is 0 Å². The summed E-state index contributed by atoms with van der Waals surface area (Å²) < 4.78 is 10.9. The predicted octanol–water partition coefficient (Wildman–Crippen LogP) is 3.89. The van der Waals surface area contributed by atoms with E-state index in [0.717, 1.165) is 29.2 Å². The molecule has 0 saturated carbocycles. The molecule has 1 saturated heterocycles. The van der Waals surface area contributed by atoms with Gasteiger partial charge in [0.25, 0.3) is 5.91 Å². The smallest absolute Gasteiger partial charge is 0.255 e. The first-order valence-corrected chi connectivity index (χ1v) is 11.0. The van der Waals surface area contributed by atoms with Gasteiger partial charge in [0, 0.05) is 30.1 Å². The highest BCUT2D eigenvalue weighted by molar-refractivity contribution is 6.04. The van der Waals surface area contributed by atoms with Gasteiger partial charge in [0.1, 0.15) is 12.5 Å². The molecule has 0 unspecified atom stereocenters. The van der Waals surface area contributed by atoms with Crippen LogP contribution in [0, 0.1) is 11.8 Å². The largest absolute Gasteiger partial charge is 0.481 e. The Morgan fingerprint density at radius 2 is 2.00 bits per heavy atom. The summed E-state index contributed by atoms with van der Waals surface area (Å²) in [6.07, 6.45) is 4.94. The number of anilines is 2. The van der Waals surface area contributed by atoms with Gasteiger partial charge in [-0.25, -0.2) is 9.97 Å². The Labute approximate surface area is 199 Å². The van der Waals surface area contributed by atoms with Crippen molar-refractivity contribution in [3.05, 3.63) is 60.2 Å². The summed E-state index contributed by atoms with van der Waals surface area (Å²) in [5.41, 5.74) is 2.95. The average Bonchev–Trinajstić information content (AvgIpc) is 3.39. The highest BCUT2D eigenvalue weighted by Crippen LogP contribution is 2.32. The van der Waals surface area contributed by atoms with Crippen LogP contribution in [0.15, 0.2) is 48.9 Å². The van der Waals surface area contributed by atoms with Gasteiger partial charge in [-0.15, -0.1) is 5.92 Å². The fraction of sp³-hybridized carbons (Fsp3) is 0.308. The summed E-state index contributed by atoms with van der Waals surface area (Å²) in [5, 5.41) is 2.93. The van der Waals surface area contributed by atoms with E-state index in [4.69, 9.17) is 9.47 Å². The zero-order valence-corrected chi connectivity index (χ0v) is 19.8. The van der Waals surface area contributed by atoms with Crippen molar-refractivity contribution in [2.24, 2.45) is 0 Å². The first kappa shape index (κ1) is 23.2. The molecule has 8 heteroatoms. The second kappa shape index (κ2) is 9.89. The van der Waals surface area contributed by atoms with E-state index in [2.05, 4.69) is 37.0 Å². The Kier molecular flexibility index (Phi) is 6.75. The molecule has 0 aromatic carbocycles. The van der Waals surface area contributed by atoms with Gasteiger partial charge < -0.3 is 19.7 Å². The zero-order valence-electron chi connectivity index (χ0n) is 19.8. The van der Waals surface area contributed by atoms with Gasteiger partial charge in [0.15, 0.2) is 0 Å². The molecule has 1 N–H and O–H groups in total. The van der Waals surface area contributed by atoms with Gasteiger partial charge in [0.05, 0.1) is 36.7 Å². The summed E-state index contributed by atoms with van der Waals surface area (Å²) in [4.78, 5) is 28.3. The van der Waals surface area contributed by atoms with Gasteiger partial charge in [-0.2, -0.15) is 0 Å². The molecule has 3 aromatic heterocycles. The predicted molar refractivity (Wildman–Crippen MR) is 131 cm³/mol. The second-order valence-electron chi connectivity index (χ2n) is 8.37. The van der Waals surface area contributed by atoms with Crippen molar-refractivity contribution in [2.45, 2.75) is 26.2 Å². The number of nitrogens with one attached hydrogen (secondary N) is 1. The van der Waals surface area contributed by atoms with E-state index in [1.54, 1.807) is 44.8 Å². The third kappa shape index (κ3) is 5.00. The molecular weight excluding hydrogens is 430 g/mol. The van der Waals surface area contributed by atoms with Crippen molar-refractivity contribution in [1.82, 2.24) is 15.0 Å². The number of carbonyl (C=O) groups is 1. The van der Waals surface area contributed by atoms with Gasteiger partial charge >= 0.3 is 0 Å². The van der Waals surface area contributed by atoms with Gasteiger partial charge in [-0.05, 0) is 56.7 Å². The molecule has 34 heavy (non-hydrogen) atoms. The molecule has 8 nitrogen and oxygen atoms in total. The van der Waals surface area contributed by atoms with Crippen molar-refractivity contribution >= 4 is 17.4 Å². The summed E-state index contributed by atoms with van der Waals surface area (Å²) >= 11 is 0. The minimum atomic E-state index is -0.459. The number of carbonyl (C=O) groups excluding carboxylic acids is 1. The van der Waals surface area contributed by atoms with Crippen LogP contribution in [0.4, 0.5) is 11.5 Å². The number of ether oxygens (including phenoxy) is 2. The number of rotatable bonds is 6. The maximum Gasteiger partial charge on any atom is 0.255 e. The maximum atomic E-state index is 13.0. The van der Waals surface area contributed by atoms with Crippen LogP contribution in [-0.2, 0) is 10.2 Å². The summed E-state index contributed by atoms with van der Waals surface area (Å²) in [5.74, 6) is 7.07. The van der Waals surface area contributed by atoms with E-state index in [9.17, 15) is 4.79 Å². The number of hydrogen-bond acceptors (Lipinski definition) is 7. The van der Waals surface area contributed by atoms with Crippen molar-refractivity contribution in [3.63, 3.8) is 0 Å². The van der Waals surface area contributed by atoms with Crippen LogP contribution in [-0.4, -0.2) is 47.9 Å². The SMILES string of the molecule is CC#CC(C)(C)c1cc(C(=O)Nc2cnc(OC)c(-c3ccnc(N4CCOC4)c3)c2)ccn1. The molecule has 0 aliphatic carbocycles. The van der Waals surface area contributed by atoms with E-state index >= 15 is 0 Å². The molecule has 1 amide bonds. The molecule has 0 spiro atoms. The number of hydrogen-bond donors (Lipinski definition) is 1. The number of amides is 1. The lowest BCUT2D eigenvalue weighted by Gasteiger charge is -2.18. The molecule has 0 bridgehead atoms. The molecule has 4 rings (SSSR count). The van der Waals surface area contributed by atoms with Crippen LogP contribution in [0.5, 0.6) is 5.88 Å². The fourth-order valence-corrected chi connectivity index (χ4v) is 3.74. The van der Waals surface area contributed by atoms with Gasteiger partial charge in [-0.1, -0.05) is 5.92 Å². The zero-order chi connectivity index (χ0) is 24.1. The lowest BCUT2D eigenvalue weighted by molar-refractivity contribution is 0.102. The van der Waals surface area contributed by atoms with Crippen LogP contribution in [0.25, 0.3) is 11.1 Å². The van der Waals surface area contributed by atoms with Gasteiger partial charge in [-0.3, -0.25) is 9.78 Å². The summed E-state index contributed by atoms with van der Waals surface area (Å²) in [7, 11) is 1.57. The van der Waals surface area contributed by atoms with Crippen molar-refractivity contribution in [1.29, 1.82) is 0 Å². The minimum absolute atomic E-state index is 0.258. The van der Waals surface area contributed by atoms with E-state index in [1.807, 2.05) is 32.0 Å². The topological polar surface area (TPSA) is 89.5 Å². The number of pyridine rings is 3. The lowest BCUT2D eigenvalue weighted by Crippen LogP contribution is -2.19. The second-order valence-corrected chi connectivity index (χ2v) is 8.37. The molecule has 174 valence electrons. The molecule has 1 aliphatic heterocycles. The Morgan fingerprint density at radius 3 is 2.74 bits per heavy atom. The minimum Gasteiger partial charge on any atom is -0.481 e. The first-order valence-electron chi connectivity index (χ1n) is 11.0. The third-order valence-corrected chi connectivity index (χ3v) is 5.54. The van der Waals surface area contributed by atoms with E-state index in [0.29, 0.717) is 30.5 Å². The molecular formula is C26H27N5O3. The quantitative estimate of drug-likeness (QED) is 0.562. The Bertz CT molecular complexity index is 1260. The number of methoxy groups -OCH3 is 1. The number of nitrogens with zero attached hydrogens (tertiary/aromatic N) is 4. The fourth-order valence-electron chi connectivity index (χ4n) is 3.74. The van der Waals surface area contributed by atoms with Crippen LogP contribution in [0.1, 0.15) is 36.8 Å². The molecule has 0 radical (unpaired) electrons. The normalized spacial score (nSPS) is 13.2. The Balaban J connectivity index is 1.61. The van der Waals surface area contributed by atoms with Crippen LogP contribution >= 0.6 is 0 Å². The lowest BCUT2D eigenvalue weighted by atomic mass is 9.89. The maximum absolute atomic E-state index is 13.0. The first-order chi connectivity index (χ1) is 16.4. The van der Waals surface area contributed by atoms with Crippen LogP contribution in [0.3, 0.4) is 0 Å². The van der Waals surface area contributed by atoms with Crippen molar-refractivity contribution in [3.8, 4) is 28.8 Å². The van der Waals surface area contributed by atoms with Crippen molar-refractivity contribution < 1.29 is 14.3 Å². The third-order valence-electron chi connectivity index (χ3n) is 5.54. The highest BCUT2D eigenvalue weighted by atomic mass is 16.5. The van der Waals surface area contributed by atoms with E-state index < -0.39 is 5.41 Å².